The molecule has 4 rings (SSSR count). The summed E-state index contributed by atoms with van der Waals surface area (Å²) in [7, 11) is -1.48. The van der Waals surface area contributed by atoms with Gasteiger partial charge in [-0.2, -0.15) is 0 Å². The molecule has 0 N–H and O–H groups in total. The predicted molar refractivity (Wildman–Crippen MR) is 105 cm³/mol. The molecule has 2 aromatic carbocycles. The summed E-state index contributed by atoms with van der Waals surface area (Å²) >= 11 is 0. The lowest BCUT2D eigenvalue weighted by atomic mass is 10.1. The van der Waals surface area contributed by atoms with Crippen molar-refractivity contribution in [3.63, 3.8) is 0 Å². The molecule has 0 saturated heterocycles. The summed E-state index contributed by atoms with van der Waals surface area (Å²) in [5, 5.41) is 3.75. The normalized spacial score (nSPS) is 12.2. The number of fused-ring (bicyclic) bond motifs is 3. The molecule has 4 aromatic rings. The van der Waals surface area contributed by atoms with Gasteiger partial charge in [0.05, 0.1) is 13.8 Å². The number of hydrogen-bond acceptors (Lipinski definition) is 2. The molecular formula is C21H21NOSi. The Kier molecular flexibility index (Phi) is 3.36. The molecule has 0 aliphatic rings. The summed E-state index contributed by atoms with van der Waals surface area (Å²) in [4.78, 5) is 4.55. The maximum Gasteiger partial charge on any atom is 0.144 e. The van der Waals surface area contributed by atoms with Crippen LogP contribution in [-0.2, 0) is 0 Å². The summed E-state index contributed by atoms with van der Waals surface area (Å²) in [5.41, 5.74) is 5.22. The Morgan fingerprint density at radius 3 is 2.29 bits per heavy atom. The minimum absolute atomic E-state index is 0.941. The minimum Gasteiger partial charge on any atom is -0.455 e. The first-order valence-electron chi connectivity index (χ1n) is 8.33. The molecule has 3 heteroatoms. The zero-order chi connectivity index (χ0) is 16.9. The SMILES string of the molecule is Cc1ccnc(-c2cccc3c2oc2c([Si](C)(C)C)cccc23)c1. The predicted octanol–water partition coefficient (Wildman–Crippen LogP) is 5.50. The molecular weight excluding hydrogens is 310 g/mol. The number of furan rings is 1. The van der Waals surface area contributed by atoms with Crippen LogP contribution in [0.1, 0.15) is 5.56 Å². The van der Waals surface area contributed by atoms with Crippen molar-refractivity contribution in [2.24, 2.45) is 0 Å². The Balaban J connectivity index is 2.09. The molecule has 0 radical (unpaired) electrons. The van der Waals surface area contributed by atoms with E-state index in [2.05, 4.69) is 74.0 Å². The van der Waals surface area contributed by atoms with Gasteiger partial charge < -0.3 is 4.42 Å². The molecule has 0 saturated carbocycles. The Bertz CT molecular complexity index is 1060. The summed E-state index contributed by atoms with van der Waals surface area (Å²) in [6.45, 7) is 9.17. The topological polar surface area (TPSA) is 26.0 Å². The van der Waals surface area contributed by atoms with E-state index in [1.165, 1.54) is 21.5 Å². The van der Waals surface area contributed by atoms with Gasteiger partial charge in [-0.1, -0.05) is 50.0 Å². The van der Waals surface area contributed by atoms with E-state index in [0.29, 0.717) is 0 Å². The summed E-state index contributed by atoms with van der Waals surface area (Å²) in [6.07, 6.45) is 1.86. The van der Waals surface area contributed by atoms with Crippen LogP contribution in [0.15, 0.2) is 59.1 Å². The van der Waals surface area contributed by atoms with Crippen molar-refractivity contribution in [3.8, 4) is 11.3 Å². The first-order valence-corrected chi connectivity index (χ1v) is 11.8. The number of pyridine rings is 1. The lowest BCUT2D eigenvalue weighted by Gasteiger charge is -2.16. The lowest BCUT2D eigenvalue weighted by molar-refractivity contribution is 0.672. The fourth-order valence-electron chi connectivity index (χ4n) is 3.30. The quantitative estimate of drug-likeness (QED) is 0.453. The van der Waals surface area contributed by atoms with E-state index in [1.54, 1.807) is 0 Å². The van der Waals surface area contributed by atoms with Crippen LogP contribution in [0.3, 0.4) is 0 Å². The Hall–Kier alpha value is -2.39. The molecule has 24 heavy (non-hydrogen) atoms. The highest BCUT2D eigenvalue weighted by Gasteiger charge is 2.23. The van der Waals surface area contributed by atoms with Gasteiger partial charge >= 0.3 is 0 Å². The zero-order valence-electron chi connectivity index (χ0n) is 14.6. The van der Waals surface area contributed by atoms with Crippen LogP contribution in [0, 0.1) is 6.92 Å². The van der Waals surface area contributed by atoms with Gasteiger partial charge in [-0.25, -0.2) is 0 Å². The fraction of sp³-hybridized carbons (Fsp3) is 0.190. The van der Waals surface area contributed by atoms with Crippen LogP contribution in [0.2, 0.25) is 19.6 Å². The molecule has 2 nitrogen and oxygen atoms in total. The van der Waals surface area contributed by atoms with Crippen molar-refractivity contribution < 1.29 is 4.42 Å². The van der Waals surface area contributed by atoms with Crippen LogP contribution < -0.4 is 5.19 Å². The standard InChI is InChI=1S/C21H21NOSi/c1-14-11-12-22-18(13-14)17-9-5-7-15-16-8-6-10-19(24(2,3)4)21(16)23-20(15)17/h5-13H,1-4H3. The van der Waals surface area contributed by atoms with E-state index >= 15 is 0 Å². The van der Waals surface area contributed by atoms with Gasteiger partial charge in [0.2, 0.25) is 0 Å². The molecule has 120 valence electrons. The molecule has 2 aromatic heterocycles. The third kappa shape index (κ3) is 2.36. The fourth-order valence-corrected chi connectivity index (χ4v) is 4.76. The monoisotopic (exact) mass is 331 g/mol. The Labute approximate surface area is 143 Å². The van der Waals surface area contributed by atoms with Crippen molar-refractivity contribution in [3.05, 3.63) is 60.3 Å². The van der Waals surface area contributed by atoms with Gasteiger partial charge in [0.15, 0.2) is 0 Å². The van der Waals surface area contributed by atoms with Crippen LogP contribution in [0.25, 0.3) is 33.2 Å². The van der Waals surface area contributed by atoms with Gasteiger partial charge in [0.25, 0.3) is 0 Å². The average Bonchev–Trinajstić information content (AvgIpc) is 2.92. The number of para-hydroxylation sites is 2. The second kappa shape index (κ2) is 5.31. The second-order valence-corrected chi connectivity index (χ2v) is 12.5. The molecule has 0 atom stereocenters. The van der Waals surface area contributed by atoms with Crippen LogP contribution >= 0.6 is 0 Å². The van der Waals surface area contributed by atoms with E-state index in [-0.39, 0.29) is 0 Å². The van der Waals surface area contributed by atoms with Gasteiger partial charge in [-0.05, 0) is 35.9 Å². The first-order chi connectivity index (χ1) is 11.4. The molecule has 0 fully saturated rings. The first kappa shape index (κ1) is 15.2. The van der Waals surface area contributed by atoms with Crippen LogP contribution in [0.4, 0.5) is 0 Å². The number of aryl methyl sites for hydroxylation is 1. The third-order valence-electron chi connectivity index (χ3n) is 4.52. The zero-order valence-corrected chi connectivity index (χ0v) is 15.6. The van der Waals surface area contributed by atoms with Gasteiger partial charge in [0, 0.05) is 22.5 Å². The molecule has 0 amide bonds. The minimum atomic E-state index is -1.48. The summed E-state index contributed by atoms with van der Waals surface area (Å²) < 4.78 is 6.43. The molecule has 0 spiro atoms. The molecule has 2 heterocycles. The number of rotatable bonds is 2. The maximum absolute atomic E-state index is 6.43. The Morgan fingerprint density at radius 1 is 0.875 bits per heavy atom. The molecule has 0 unspecified atom stereocenters. The van der Waals surface area contributed by atoms with E-state index in [9.17, 15) is 0 Å². The van der Waals surface area contributed by atoms with Crippen LogP contribution in [0.5, 0.6) is 0 Å². The molecule has 0 bridgehead atoms. The largest absolute Gasteiger partial charge is 0.455 e. The highest BCUT2D eigenvalue weighted by Crippen LogP contribution is 2.35. The summed E-state index contributed by atoms with van der Waals surface area (Å²) in [5.74, 6) is 0. The highest BCUT2D eigenvalue weighted by molar-refractivity contribution is 6.90. The Morgan fingerprint density at radius 2 is 1.58 bits per heavy atom. The van der Waals surface area contributed by atoms with Crippen molar-refractivity contribution >= 4 is 35.2 Å². The van der Waals surface area contributed by atoms with Crippen molar-refractivity contribution in [2.45, 2.75) is 26.6 Å². The smallest absolute Gasteiger partial charge is 0.144 e. The van der Waals surface area contributed by atoms with Gasteiger partial charge in [-0.15, -0.1) is 0 Å². The number of benzene rings is 2. The maximum atomic E-state index is 6.43. The molecule has 0 aliphatic heterocycles. The summed E-state index contributed by atoms with van der Waals surface area (Å²) in [6, 6.07) is 17.0. The van der Waals surface area contributed by atoms with Gasteiger partial charge in [-0.3, -0.25) is 4.98 Å². The van der Waals surface area contributed by atoms with E-state index in [1.807, 2.05) is 12.3 Å². The van der Waals surface area contributed by atoms with Crippen molar-refractivity contribution in [1.29, 1.82) is 0 Å². The van der Waals surface area contributed by atoms with Crippen molar-refractivity contribution in [1.82, 2.24) is 4.98 Å². The van der Waals surface area contributed by atoms with E-state index in [0.717, 1.165) is 22.4 Å². The number of aromatic nitrogens is 1. The lowest BCUT2D eigenvalue weighted by Crippen LogP contribution is -2.37. The molecule has 0 aliphatic carbocycles. The number of hydrogen-bond donors (Lipinski definition) is 0. The van der Waals surface area contributed by atoms with Crippen LogP contribution in [-0.4, -0.2) is 13.1 Å². The number of nitrogens with zero attached hydrogens (tertiary/aromatic N) is 1. The van der Waals surface area contributed by atoms with Gasteiger partial charge in [0.1, 0.15) is 11.2 Å². The third-order valence-corrected chi connectivity index (χ3v) is 6.53. The average molecular weight is 331 g/mol. The van der Waals surface area contributed by atoms with E-state index in [4.69, 9.17) is 4.42 Å². The van der Waals surface area contributed by atoms with E-state index < -0.39 is 8.07 Å². The second-order valence-electron chi connectivity index (χ2n) is 7.44. The highest BCUT2D eigenvalue weighted by atomic mass is 28.3. The van der Waals surface area contributed by atoms with Crippen molar-refractivity contribution in [2.75, 3.05) is 0 Å².